The van der Waals surface area contributed by atoms with Crippen LogP contribution in [0.2, 0.25) is 0 Å². The molecule has 0 bridgehead atoms. The summed E-state index contributed by atoms with van der Waals surface area (Å²) in [5, 5.41) is 2.78. The summed E-state index contributed by atoms with van der Waals surface area (Å²) in [5.41, 5.74) is 7.24. The average molecular weight is 286 g/mol. The molecule has 108 valence electrons. The predicted molar refractivity (Wildman–Crippen MR) is 77.9 cm³/mol. The first-order valence-electron chi connectivity index (χ1n) is 6.31. The van der Waals surface area contributed by atoms with E-state index in [2.05, 4.69) is 5.32 Å². The molecule has 0 unspecified atom stereocenters. The zero-order valence-electron chi connectivity index (χ0n) is 11.4. The normalized spacial score (nSPS) is 12.0. The van der Waals surface area contributed by atoms with Gasteiger partial charge in [-0.2, -0.15) is 0 Å². The van der Waals surface area contributed by atoms with E-state index >= 15 is 0 Å². The van der Waals surface area contributed by atoms with Gasteiger partial charge in [0, 0.05) is 29.1 Å². The second-order valence-corrected chi connectivity index (χ2v) is 4.52. The standard InChI is InChI=1S/C15H14N2O4/c1-19-12-5-9(4-10(16)6-12)15(18)17-11-2-3-13-14(7-11)21-8-20-13/h2-7H,8,16H2,1H3,(H,17,18). The van der Waals surface area contributed by atoms with Crippen molar-refractivity contribution in [2.75, 3.05) is 25.0 Å². The molecule has 0 fully saturated rings. The molecule has 0 aliphatic carbocycles. The molecule has 6 heteroatoms. The van der Waals surface area contributed by atoms with Crippen LogP contribution in [0.25, 0.3) is 0 Å². The summed E-state index contributed by atoms with van der Waals surface area (Å²) in [6.07, 6.45) is 0. The van der Waals surface area contributed by atoms with Crippen LogP contribution >= 0.6 is 0 Å². The Bertz CT molecular complexity index is 700. The van der Waals surface area contributed by atoms with Crippen LogP contribution in [0.4, 0.5) is 11.4 Å². The Morgan fingerprint density at radius 2 is 2.00 bits per heavy atom. The number of methoxy groups -OCH3 is 1. The number of nitrogens with one attached hydrogen (secondary N) is 1. The highest BCUT2D eigenvalue weighted by Gasteiger charge is 2.15. The number of benzene rings is 2. The van der Waals surface area contributed by atoms with Crippen LogP contribution in [0.15, 0.2) is 36.4 Å². The van der Waals surface area contributed by atoms with Crippen LogP contribution in [0.1, 0.15) is 10.4 Å². The van der Waals surface area contributed by atoms with Gasteiger partial charge in [-0.1, -0.05) is 0 Å². The zero-order valence-corrected chi connectivity index (χ0v) is 11.4. The second-order valence-electron chi connectivity index (χ2n) is 4.52. The van der Waals surface area contributed by atoms with Crippen molar-refractivity contribution in [2.45, 2.75) is 0 Å². The molecule has 1 heterocycles. The van der Waals surface area contributed by atoms with Crippen molar-refractivity contribution < 1.29 is 19.0 Å². The minimum Gasteiger partial charge on any atom is -0.497 e. The van der Waals surface area contributed by atoms with Gasteiger partial charge in [0.2, 0.25) is 6.79 Å². The maximum Gasteiger partial charge on any atom is 0.255 e. The highest BCUT2D eigenvalue weighted by atomic mass is 16.7. The summed E-state index contributed by atoms with van der Waals surface area (Å²) in [5.74, 6) is 1.53. The van der Waals surface area contributed by atoms with Gasteiger partial charge >= 0.3 is 0 Å². The summed E-state index contributed by atoms with van der Waals surface area (Å²) < 4.78 is 15.6. The lowest BCUT2D eigenvalue weighted by molar-refractivity contribution is 0.102. The number of rotatable bonds is 3. The smallest absolute Gasteiger partial charge is 0.255 e. The molecule has 3 N–H and O–H groups in total. The summed E-state index contributed by atoms with van der Waals surface area (Å²) in [6, 6.07) is 10.1. The van der Waals surface area contributed by atoms with Crippen molar-refractivity contribution in [2.24, 2.45) is 0 Å². The molecule has 6 nitrogen and oxygen atoms in total. The van der Waals surface area contributed by atoms with E-state index in [1.54, 1.807) is 36.4 Å². The van der Waals surface area contributed by atoms with Gasteiger partial charge in [0.1, 0.15) is 5.75 Å². The van der Waals surface area contributed by atoms with Crippen LogP contribution < -0.4 is 25.3 Å². The van der Waals surface area contributed by atoms with E-state index in [0.717, 1.165) is 0 Å². The highest BCUT2D eigenvalue weighted by molar-refractivity contribution is 6.05. The number of amides is 1. The second kappa shape index (κ2) is 5.24. The largest absolute Gasteiger partial charge is 0.497 e. The first kappa shape index (κ1) is 13.1. The Labute approximate surface area is 121 Å². The molecule has 1 aliphatic heterocycles. The van der Waals surface area contributed by atoms with Crippen molar-refractivity contribution in [1.29, 1.82) is 0 Å². The van der Waals surface area contributed by atoms with Gasteiger partial charge in [-0.3, -0.25) is 4.79 Å². The maximum atomic E-state index is 12.2. The molecule has 0 radical (unpaired) electrons. The third-order valence-corrected chi connectivity index (χ3v) is 3.06. The van der Waals surface area contributed by atoms with Gasteiger partial charge in [-0.15, -0.1) is 0 Å². The van der Waals surface area contributed by atoms with E-state index in [-0.39, 0.29) is 12.7 Å². The molecular weight excluding hydrogens is 272 g/mol. The number of carbonyl (C=O) groups excluding carboxylic acids is 1. The number of anilines is 2. The number of hydrogen-bond acceptors (Lipinski definition) is 5. The summed E-state index contributed by atoms with van der Waals surface area (Å²) in [4.78, 5) is 12.2. The van der Waals surface area contributed by atoms with E-state index in [1.165, 1.54) is 7.11 Å². The fraction of sp³-hybridized carbons (Fsp3) is 0.133. The molecule has 2 aromatic rings. The van der Waals surface area contributed by atoms with Crippen molar-refractivity contribution in [1.82, 2.24) is 0 Å². The van der Waals surface area contributed by atoms with Crippen LogP contribution in [0, 0.1) is 0 Å². The number of nitrogen functional groups attached to an aromatic ring is 1. The van der Waals surface area contributed by atoms with E-state index in [9.17, 15) is 4.79 Å². The number of hydrogen-bond donors (Lipinski definition) is 2. The number of nitrogens with two attached hydrogens (primary N) is 1. The van der Waals surface area contributed by atoms with Crippen LogP contribution in [-0.4, -0.2) is 19.8 Å². The molecule has 3 rings (SSSR count). The molecular formula is C15H14N2O4. The van der Waals surface area contributed by atoms with E-state index in [1.807, 2.05) is 0 Å². The predicted octanol–water partition coefficient (Wildman–Crippen LogP) is 2.26. The van der Waals surface area contributed by atoms with Crippen LogP contribution in [0.5, 0.6) is 17.2 Å². The van der Waals surface area contributed by atoms with Crippen LogP contribution in [-0.2, 0) is 0 Å². The van der Waals surface area contributed by atoms with Crippen molar-refractivity contribution >= 4 is 17.3 Å². The summed E-state index contributed by atoms with van der Waals surface area (Å²) in [7, 11) is 1.52. The van der Waals surface area contributed by atoms with Crippen molar-refractivity contribution in [3.8, 4) is 17.2 Å². The van der Waals surface area contributed by atoms with E-state index < -0.39 is 0 Å². The summed E-state index contributed by atoms with van der Waals surface area (Å²) >= 11 is 0. The SMILES string of the molecule is COc1cc(N)cc(C(=O)Nc2ccc3c(c2)OCO3)c1. The Hall–Kier alpha value is -2.89. The Morgan fingerprint density at radius 1 is 1.19 bits per heavy atom. The maximum absolute atomic E-state index is 12.2. The number of carbonyl (C=O) groups is 1. The van der Waals surface area contributed by atoms with Crippen LogP contribution in [0.3, 0.4) is 0 Å². The first-order valence-corrected chi connectivity index (χ1v) is 6.31. The highest BCUT2D eigenvalue weighted by Crippen LogP contribution is 2.34. The monoisotopic (exact) mass is 286 g/mol. The zero-order chi connectivity index (χ0) is 14.8. The minimum absolute atomic E-state index is 0.194. The van der Waals surface area contributed by atoms with Gasteiger partial charge in [0.05, 0.1) is 7.11 Å². The fourth-order valence-electron chi connectivity index (χ4n) is 2.05. The number of ether oxygens (including phenoxy) is 3. The lowest BCUT2D eigenvalue weighted by Crippen LogP contribution is -2.12. The Balaban J connectivity index is 1.81. The topological polar surface area (TPSA) is 82.8 Å². The average Bonchev–Trinajstić information content (AvgIpc) is 2.94. The van der Waals surface area contributed by atoms with Gasteiger partial charge in [0.15, 0.2) is 11.5 Å². The van der Waals surface area contributed by atoms with Crippen molar-refractivity contribution in [3.05, 3.63) is 42.0 Å². The first-order chi connectivity index (χ1) is 10.2. The summed E-state index contributed by atoms with van der Waals surface area (Å²) in [6.45, 7) is 0.194. The molecule has 2 aromatic carbocycles. The van der Waals surface area contributed by atoms with Crippen molar-refractivity contribution in [3.63, 3.8) is 0 Å². The molecule has 21 heavy (non-hydrogen) atoms. The quantitative estimate of drug-likeness (QED) is 0.846. The molecule has 0 saturated carbocycles. The van der Waals surface area contributed by atoms with Gasteiger partial charge in [-0.05, 0) is 24.3 Å². The Kier molecular flexibility index (Phi) is 3.27. The Morgan fingerprint density at radius 3 is 2.81 bits per heavy atom. The van der Waals surface area contributed by atoms with E-state index in [0.29, 0.717) is 34.2 Å². The van der Waals surface area contributed by atoms with Gasteiger partial charge < -0.3 is 25.3 Å². The molecule has 0 saturated heterocycles. The molecule has 1 aliphatic rings. The number of fused-ring (bicyclic) bond motifs is 1. The lowest BCUT2D eigenvalue weighted by Gasteiger charge is -2.08. The van der Waals surface area contributed by atoms with E-state index in [4.69, 9.17) is 19.9 Å². The van der Waals surface area contributed by atoms with Gasteiger partial charge in [-0.25, -0.2) is 0 Å². The lowest BCUT2D eigenvalue weighted by atomic mass is 10.1. The third kappa shape index (κ3) is 2.69. The molecule has 0 aromatic heterocycles. The molecule has 0 spiro atoms. The van der Waals surface area contributed by atoms with Gasteiger partial charge in [0.25, 0.3) is 5.91 Å². The fourth-order valence-corrected chi connectivity index (χ4v) is 2.05. The third-order valence-electron chi connectivity index (χ3n) is 3.06. The minimum atomic E-state index is -0.278. The molecule has 1 amide bonds. The molecule has 0 atom stereocenters.